The van der Waals surface area contributed by atoms with E-state index in [2.05, 4.69) is 31.3 Å². The van der Waals surface area contributed by atoms with Gasteiger partial charge < -0.3 is 49.4 Å². The SMILES string of the molecule is CC(C)[C@H](NC(=O)[C@H](CCCN=C(N)N)NCC(=O)Oc1ccccc1)C(=O)N[C@@H](CCCN=C(N)N)C(=O)NCCCCN. The van der Waals surface area contributed by atoms with E-state index < -0.39 is 35.9 Å². The summed E-state index contributed by atoms with van der Waals surface area (Å²) in [6, 6.07) is 5.77. The Balaban J connectivity index is 2.98. The summed E-state index contributed by atoms with van der Waals surface area (Å²) >= 11 is 0. The number of rotatable bonds is 22. The molecule has 0 saturated carbocycles. The number of hydrogen-bond acceptors (Lipinski definition) is 9. The topological polar surface area (TPSA) is 280 Å². The van der Waals surface area contributed by atoms with Crippen LogP contribution in [0.1, 0.15) is 52.4 Å². The van der Waals surface area contributed by atoms with Crippen LogP contribution in [0.25, 0.3) is 0 Å². The van der Waals surface area contributed by atoms with Crippen molar-refractivity contribution < 1.29 is 23.9 Å². The van der Waals surface area contributed by atoms with Crippen molar-refractivity contribution in [1.29, 1.82) is 0 Å². The molecule has 0 aliphatic carbocycles. The zero-order chi connectivity index (χ0) is 33.6. The minimum atomic E-state index is -0.985. The number of hydrogen-bond donors (Lipinski definition) is 9. The number of nitrogens with one attached hydrogen (secondary N) is 4. The molecule has 0 radical (unpaired) electrons. The van der Waals surface area contributed by atoms with Gasteiger partial charge in [-0.3, -0.25) is 34.5 Å². The van der Waals surface area contributed by atoms with Crippen molar-refractivity contribution in [3.8, 4) is 5.75 Å². The molecule has 0 spiro atoms. The van der Waals surface area contributed by atoms with Crippen LogP contribution < -0.4 is 54.7 Å². The molecule has 1 aromatic rings. The molecule has 0 heterocycles. The molecule has 1 aromatic carbocycles. The molecular weight excluding hydrogens is 582 g/mol. The Morgan fingerprint density at radius 2 is 1.38 bits per heavy atom. The number of nitrogens with two attached hydrogens (primary N) is 5. The van der Waals surface area contributed by atoms with Crippen molar-refractivity contribution in [2.75, 3.05) is 32.7 Å². The van der Waals surface area contributed by atoms with Crippen LogP contribution in [-0.4, -0.2) is 86.5 Å². The van der Waals surface area contributed by atoms with E-state index in [0.29, 0.717) is 38.1 Å². The predicted molar refractivity (Wildman–Crippen MR) is 174 cm³/mol. The maximum absolute atomic E-state index is 13.4. The number of esters is 1. The summed E-state index contributed by atoms with van der Waals surface area (Å²) in [6.07, 6.45) is 2.80. The molecule has 0 bridgehead atoms. The third kappa shape index (κ3) is 17.4. The molecule has 0 aromatic heterocycles. The van der Waals surface area contributed by atoms with Gasteiger partial charge in [0, 0.05) is 19.6 Å². The first kappa shape index (κ1) is 38.6. The first-order valence-corrected chi connectivity index (χ1v) is 15.1. The van der Waals surface area contributed by atoms with Gasteiger partial charge in [-0.25, -0.2) is 0 Å². The number of para-hydroxylation sites is 1. The van der Waals surface area contributed by atoms with E-state index in [0.717, 1.165) is 6.42 Å². The smallest absolute Gasteiger partial charge is 0.325 e. The number of nitrogens with zero attached hydrogens (tertiary/aromatic N) is 2. The number of benzene rings is 1. The van der Waals surface area contributed by atoms with Gasteiger partial charge in [-0.05, 0) is 63.1 Å². The van der Waals surface area contributed by atoms with E-state index >= 15 is 0 Å². The highest BCUT2D eigenvalue weighted by molar-refractivity contribution is 5.93. The van der Waals surface area contributed by atoms with E-state index in [-0.39, 0.29) is 56.2 Å². The largest absolute Gasteiger partial charge is 0.426 e. The van der Waals surface area contributed by atoms with Crippen molar-refractivity contribution in [1.82, 2.24) is 21.3 Å². The maximum atomic E-state index is 13.4. The molecule has 3 atom stereocenters. The van der Waals surface area contributed by atoms with Crippen molar-refractivity contribution in [3.05, 3.63) is 30.3 Å². The van der Waals surface area contributed by atoms with Crippen molar-refractivity contribution >= 4 is 35.6 Å². The predicted octanol–water partition coefficient (Wildman–Crippen LogP) is -1.86. The molecule has 3 amide bonds. The Bertz CT molecular complexity index is 1110. The summed E-state index contributed by atoms with van der Waals surface area (Å²) in [5, 5.41) is 11.3. The van der Waals surface area contributed by atoms with Gasteiger partial charge in [0.1, 0.15) is 17.8 Å². The highest BCUT2D eigenvalue weighted by Crippen LogP contribution is 2.10. The van der Waals surface area contributed by atoms with Gasteiger partial charge in [-0.1, -0.05) is 32.0 Å². The lowest BCUT2D eigenvalue weighted by molar-refractivity contribution is -0.135. The summed E-state index contributed by atoms with van der Waals surface area (Å²) in [4.78, 5) is 60.2. The van der Waals surface area contributed by atoms with E-state index in [1.54, 1.807) is 44.2 Å². The number of ether oxygens (including phenoxy) is 1. The van der Waals surface area contributed by atoms with Crippen LogP contribution in [0.2, 0.25) is 0 Å². The Morgan fingerprint density at radius 3 is 1.93 bits per heavy atom. The van der Waals surface area contributed by atoms with Crippen LogP contribution in [0.3, 0.4) is 0 Å². The fourth-order valence-electron chi connectivity index (χ4n) is 4.12. The standard InChI is InChI=1S/C29H51N11O5/c1-19(2)24(27(44)39-22(13-9-17-37-29(33)34)25(42)35-15-7-6-14-30)40-26(43)21(12-8-16-36-28(31)32)38-18-23(41)45-20-10-4-3-5-11-20/h3-5,10-11,19,21-22,24,38H,6-9,12-18,30H2,1-2H3,(H,35,42)(H,39,44)(H,40,43)(H4,31,32,36)(H4,33,34,37)/t21-,22-,24-/m0/s1. The summed E-state index contributed by atoms with van der Waals surface area (Å²) in [6.45, 7) is 4.71. The monoisotopic (exact) mass is 633 g/mol. The molecule has 16 nitrogen and oxygen atoms in total. The van der Waals surface area contributed by atoms with E-state index in [4.69, 9.17) is 33.4 Å². The average molecular weight is 634 g/mol. The first-order valence-electron chi connectivity index (χ1n) is 15.1. The Kier molecular flexibility index (Phi) is 19.0. The van der Waals surface area contributed by atoms with Crippen LogP contribution in [0.4, 0.5) is 0 Å². The lowest BCUT2D eigenvalue weighted by Gasteiger charge is -2.27. The molecule has 0 aliphatic rings. The van der Waals surface area contributed by atoms with Gasteiger partial charge in [0.2, 0.25) is 17.7 Å². The Labute approximate surface area is 264 Å². The van der Waals surface area contributed by atoms with Gasteiger partial charge in [-0.2, -0.15) is 0 Å². The molecule has 0 saturated heterocycles. The second kappa shape index (κ2) is 22.1. The highest BCUT2D eigenvalue weighted by Gasteiger charge is 2.31. The highest BCUT2D eigenvalue weighted by atomic mass is 16.5. The van der Waals surface area contributed by atoms with E-state index in [1.165, 1.54) is 0 Å². The second-order valence-corrected chi connectivity index (χ2v) is 10.7. The average Bonchev–Trinajstić information content (AvgIpc) is 2.98. The summed E-state index contributed by atoms with van der Waals surface area (Å²) < 4.78 is 5.30. The minimum Gasteiger partial charge on any atom is -0.426 e. The van der Waals surface area contributed by atoms with Crippen LogP contribution in [-0.2, 0) is 19.2 Å². The Morgan fingerprint density at radius 1 is 0.778 bits per heavy atom. The third-order valence-corrected chi connectivity index (χ3v) is 6.48. The Hall–Kier alpha value is -4.44. The maximum Gasteiger partial charge on any atom is 0.325 e. The lowest BCUT2D eigenvalue weighted by Crippen LogP contribution is -2.58. The fourth-order valence-corrected chi connectivity index (χ4v) is 4.12. The number of guanidine groups is 2. The van der Waals surface area contributed by atoms with Gasteiger partial charge >= 0.3 is 5.97 Å². The summed E-state index contributed by atoms with van der Waals surface area (Å²) in [7, 11) is 0. The normalized spacial score (nSPS) is 12.7. The molecule has 14 N–H and O–H groups in total. The van der Waals surface area contributed by atoms with Crippen LogP contribution in [0.5, 0.6) is 5.75 Å². The van der Waals surface area contributed by atoms with Gasteiger partial charge in [0.25, 0.3) is 0 Å². The lowest BCUT2D eigenvalue weighted by atomic mass is 10.0. The quantitative estimate of drug-likeness (QED) is 0.0224. The van der Waals surface area contributed by atoms with Crippen LogP contribution >= 0.6 is 0 Å². The first-order chi connectivity index (χ1) is 21.4. The molecule has 0 aliphatic heterocycles. The van der Waals surface area contributed by atoms with E-state index in [1.807, 2.05) is 0 Å². The number of aliphatic imine (C=N–C) groups is 2. The molecule has 0 unspecified atom stereocenters. The molecule has 1 rings (SSSR count). The van der Waals surface area contributed by atoms with Crippen LogP contribution in [0, 0.1) is 5.92 Å². The minimum absolute atomic E-state index is 0.0702. The zero-order valence-corrected chi connectivity index (χ0v) is 26.3. The number of carbonyl (C=O) groups is 4. The number of unbranched alkanes of at least 4 members (excludes halogenated alkanes) is 1. The van der Waals surface area contributed by atoms with E-state index in [9.17, 15) is 19.2 Å². The second-order valence-electron chi connectivity index (χ2n) is 10.7. The number of carbonyl (C=O) groups excluding carboxylic acids is 4. The fraction of sp³-hybridized carbons (Fsp3) is 0.586. The van der Waals surface area contributed by atoms with Crippen molar-refractivity contribution in [3.63, 3.8) is 0 Å². The molecule has 16 heteroatoms. The summed E-state index contributed by atoms with van der Waals surface area (Å²) in [5.41, 5.74) is 27.1. The number of amides is 3. The van der Waals surface area contributed by atoms with Gasteiger partial charge in [0.15, 0.2) is 11.9 Å². The zero-order valence-electron chi connectivity index (χ0n) is 26.3. The molecule has 45 heavy (non-hydrogen) atoms. The molecule has 252 valence electrons. The van der Waals surface area contributed by atoms with Gasteiger partial charge in [0.05, 0.1) is 12.6 Å². The van der Waals surface area contributed by atoms with Crippen LogP contribution in [0.15, 0.2) is 40.3 Å². The molecular formula is C29H51N11O5. The van der Waals surface area contributed by atoms with Crippen molar-refractivity contribution in [2.24, 2.45) is 44.6 Å². The molecule has 0 fully saturated rings. The van der Waals surface area contributed by atoms with Gasteiger partial charge in [-0.15, -0.1) is 0 Å². The van der Waals surface area contributed by atoms with Crippen molar-refractivity contribution in [2.45, 2.75) is 70.5 Å². The summed E-state index contributed by atoms with van der Waals surface area (Å²) in [5.74, 6) is -2.14. The third-order valence-electron chi connectivity index (χ3n) is 6.48.